The van der Waals surface area contributed by atoms with Gasteiger partial charge in [-0.15, -0.1) is 0 Å². The van der Waals surface area contributed by atoms with Crippen molar-refractivity contribution in [2.24, 2.45) is 0 Å². The van der Waals surface area contributed by atoms with E-state index in [1.165, 1.54) is 10.6 Å². The Bertz CT molecular complexity index is 750. The zero-order chi connectivity index (χ0) is 12.0. The SMILES string of the molecule is O=C(O)c1cn2c(n1)n[n+]([O-])c1ccccc12. The molecule has 0 aliphatic rings. The highest BCUT2D eigenvalue weighted by Gasteiger charge is 2.16. The monoisotopic (exact) mass is 230 g/mol. The van der Waals surface area contributed by atoms with E-state index in [9.17, 15) is 10.0 Å². The predicted molar refractivity (Wildman–Crippen MR) is 56.4 cm³/mol. The molecule has 17 heavy (non-hydrogen) atoms. The number of aromatic carboxylic acids is 1. The van der Waals surface area contributed by atoms with Gasteiger partial charge in [0, 0.05) is 12.3 Å². The summed E-state index contributed by atoms with van der Waals surface area (Å²) >= 11 is 0. The van der Waals surface area contributed by atoms with Gasteiger partial charge in [-0.05, 0) is 10.9 Å². The van der Waals surface area contributed by atoms with Gasteiger partial charge in [-0.1, -0.05) is 12.1 Å². The van der Waals surface area contributed by atoms with Crippen molar-refractivity contribution in [2.45, 2.75) is 0 Å². The van der Waals surface area contributed by atoms with Crippen molar-refractivity contribution in [3.8, 4) is 0 Å². The second-order valence-corrected chi connectivity index (χ2v) is 3.46. The summed E-state index contributed by atoms with van der Waals surface area (Å²) in [5.41, 5.74) is 0.774. The van der Waals surface area contributed by atoms with Gasteiger partial charge in [0.1, 0.15) is 5.52 Å². The minimum absolute atomic E-state index is 0.0658. The zero-order valence-electron chi connectivity index (χ0n) is 8.44. The highest BCUT2D eigenvalue weighted by molar-refractivity contribution is 5.86. The largest absolute Gasteiger partial charge is 0.594 e. The van der Waals surface area contributed by atoms with Gasteiger partial charge in [-0.25, -0.2) is 4.79 Å². The van der Waals surface area contributed by atoms with Crippen molar-refractivity contribution in [1.29, 1.82) is 0 Å². The van der Waals surface area contributed by atoms with Gasteiger partial charge >= 0.3 is 11.7 Å². The molecule has 84 valence electrons. The first-order valence-corrected chi connectivity index (χ1v) is 4.78. The Morgan fingerprint density at radius 1 is 1.41 bits per heavy atom. The summed E-state index contributed by atoms with van der Waals surface area (Å²) in [6.07, 6.45) is 1.34. The summed E-state index contributed by atoms with van der Waals surface area (Å²) in [7, 11) is 0. The van der Waals surface area contributed by atoms with E-state index in [0.29, 0.717) is 15.9 Å². The van der Waals surface area contributed by atoms with E-state index in [1.807, 2.05) is 0 Å². The Morgan fingerprint density at radius 2 is 2.18 bits per heavy atom. The number of hydrogen-bond donors (Lipinski definition) is 1. The van der Waals surface area contributed by atoms with E-state index in [1.54, 1.807) is 24.3 Å². The molecule has 0 saturated heterocycles. The Balaban J connectivity index is 2.50. The lowest BCUT2D eigenvalue weighted by atomic mass is 10.3. The van der Waals surface area contributed by atoms with Crippen LogP contribution >= 0.6 is 0 Å². The van der Waals surface area contributed by atoms with Crippen molar-refractivity contribution < 1.29 is 14.7 Å². The minimum atomic E-state index is -1.16. The smallest absolute Gasteiger partial charge is 0.356 e. The molecule has 0 aliphatic carbocycles. The first-order chi connectivity index (χ1) is 8.16. The molecule has 0 saturated carbocycles. The number of carboxylic acids is 1. The van der Waals surface area contributed by atoms with Crippen LogP contribution in [-0.2, 0) is 0 Å². The highest BCUT2D eigenvalue weighted by atomic mass is 16.5. The third kappa shape index (κ3) is 1.29. The highest BCUT2D eigenvalue weighted by Crippen LogP contribution is 2.11. The summed E-state index contributed by atoms with van der Waals surface area (Å²) in [5, 5.41) is 24.1. The molecule has 3 aromatic rings. The molecule has 0 spiro atoms. The van der Waals surface area contributed by atoms with E-state index < -0.39 is 5.97 Å². The first kappa shape index (κ1) is 9.52. The molecule has 0 unspecified atom stereocenters. The molecule has 0 aliphatic heterocycles. The summed E-state index contributed by atoms with van der Waals surface area (Å²) in [4.78, 5) is 15.0. The third-order valence-corrected chi connectivity index (χ3v) is 2.43. The number of nitrogens with zero attached hydrogens (tertiary/aromatic N) is 4. The number of benzene rings is 1. The second kappa shape index (κ2) is 3.14. The van der Waals surface area contributed by atoms with Gasteiger partial charge in [0.2, 0.25) is 0 Å². The molecule has 2 heterocycles. The molecule has 7 nitrogen and oxygen atoms in total. The van der Waals surface area contributed by atoms with Gasteiger partial charge in [0.15, 0.2) is 5.69 Å². The van der Waals surface area contributed by atoms with Gasteiger partial charge in [0.25, 0.3) is 5.52 Å². The van der Waals surface area contributed by atoms with Crippen LogP contribution in [0.15, 0.2) is 30.5 Å². The lowest BCUT2D eigenvalue weighted by Gasteiger charge is -1.99. The molecule has 7 heteroatoms. The van der Waals surface area contributed by atoms with Crippen LogP contribution in [0, 0.1) is 5.21 Å². The van der Waals surface area contributed by atoms with Crippen LogP contribution in [-0.4, -0.2) is 25.6 Å². The molecule has 0 fully saturated rings. The fraction of sp³-hybridized carbons (Fsp3) is 0. The average Bonchev–Trinajstić information content (AvgIpc) is 2.73. The number of imidazole rings is 1. The number of carbonyl (C=O) groups is 1. The predicted octanol–water partition coefficient (Wildman–Crippen LogP) is 0.214. The molecule has 0 radical (unpaired) electrons. The van der Waals surface area contributed by atoms with Gasteiger partial charge in [-0.3, -0.25) is 4.40 Å². The van der Waals surface area contributed by atoms with Crippen molar-refractivity contribution in [2.75, 3.05) is 0 Å². The molecule has 2 aromatic heterocycles. The summed E-state index contributed by atoms with van der Waals surface area (Å²) < 4.78 is 1.48. The minimum Gasteiger partial charge on any atom is -0.594 e. The van der Waals surface area contributed by atoms with Crippen molar-refractivity contribution in [1.82, 2.24) is 14.5 Å². The van der Waals surface area contributed by atoms with Crippen LogP contribution in [0.4, 0.5) is 0 Å². The molecule has 0 bridgehead atoms. The second-order valence-electron chi connectivity index (χ2n) is 3.46. The van der Waals surface area contributed by atoms with Crippen LogP contribution in [0.5, 0.6) is 0 Å². The Labute approximate surface area is 94.1 Å². The van der Waals surface area contributed by atoms with E-state index in [0.717, 1.165) is 0 Å². The van der Waals surface area contributed by atoms with Gasteiger partial charge < -0.3 is 10.3 Å². The Morgan fingerprint density at radius 3 is 2.94 bits per heavy atom. The average molecular weight is 230 g/mol. The van der Waals surface area contributed by atoms with Crippen molar-refractivity contribution in [3.05, 3.63) is 41.4 Å². The maximum absolute atomic E-state index is 11.6. The maximum Gasteiger partial charge on any atom is 0.356 e. The fourth-order valence-corrected chi connectivity index (χ4v) is 1.69. The third-order valence-electron chi connectivity index (χ3n) is 2.43. The first-order valence-electron chi connectivity index (χ1n) is 4.78. The standard InChI is InChI=1S/C10H6N4O3/c15-9(16)6-5-13-7-3-1-2-4-8(7)14(17)12-10(13)11-6/h1-5H,(H,15,16). The molecule has 0 amide bonds. The van der Waals surface area contributed by atoms with E-state index >= 15 is 0 Å². The van der Waals surface area contributed by atoms with Crippen molar-refractivity contribution in [3.63, 3.8) is 0 Å². The van der Waals surface area contributed by atoms with Crippen LogP contribution < -0.4 is 4.85 Å². The molecule has 1 aromatic carbocycles. The molecular weight excluding hydrogens is 224 g/mol. The quantitative estimate of drug-likeness (QED) is 0.476. The lowest BCUT2D eigenvalue weighted by Crippen LogP contribution is -2.32. The molecule has 1 N–H and O–H groups in total. The number of para-hydroxylation sites is 2. The fourth-order valence-electron chi connectivity index (χ4n) is 1.69. The molecule has 0 atom stereocenters. The summed E-state index contributed by atoms with van der Waals surface area (Å²) in [5.74, 6) is -1.09. The summed E-state index contributed by atoms with van der Waals surface area (Å²) in [6, 6.07) is 6.77. The van der Waals surface area contributed by atoms with Gasteiger partial charge in [0.05, 0.1) is 5.10 Å². The van der Waals surface area contributed by atoms with E-state index in [4.69, 9.17) is 5.11 Å². The summed E-state index contributed by atoms with van der Waals surface area (Å²) in [6.45, 7) is 0. The van der Waals surface area contributed by atoms with Crippen LogP contribution in [0.2, 0.25) is 0 Å². The Kier molecular flexibility index (Phi) is 1.76. The van der Waals surface area contributed by atoms with Crippen LogP contribution in [0.1, 0.15) is 10.5 Å². The zero-order valence-corrected chi connectivity index (χ0v) is 8.44. The number of hydrogen-bond acceptors (Lipinski definition) is 4. The topological polar surface area (TPSA) is 94.4 Å². The number of aromatic nitrogens is 4. The van der Waals surface area contributed by atoms with E-state index in [-0.39, 0.29) is 11.5 Å². The number of fused-ring (bicyclic) bond motifs is 3. The van der Waals surface area contributed by atoms with Crippen molar-refractivity contribution >= 4 is 22.8 Å². The van der Waals surface area contributed by atoms with E-state index in [2.05, 4.69) is 10.1 Å². The number of carboxylic acid groups (broad SMARTS) is 1. The molecule has 3 rings (SSSR count). The normalized spacial score (nSPS) is 11.1. The maximum atomic E-state index is 11.6. The van der Waals surface area contributed by atoms with Crippen LogP contribution in [0.25, 0.3) is 16.8 Å². The van der Waals surface area contributed by atoms with Gasteiger partial charge in [-0.2, -0.15) is 4.98 Å². The number of rotatable bonds is 1. The Hall–Kier alpha value is -2.70. The molecular formula is C10H6N4O3. The van der Waals surface area contributed by atoms with Crippen LogP contribution in [0.3, 0.4) is 0 Å². The lowest BCUT2D eigenvalue weighted by molar-refractivity contribution is -0.640.